The van der Waals surface area contributed by atoms with Gasteiger partial charge in [0.25, 0.3) is 6.02 Å². The lowest BCUT2D eigenvalue weighted by molar-refractivity contribution is -0.187. The largest absolute Gasteiger partial charge is 0.454 e. The zero-order valence-electron chi connectivity index (χ0n) is 10.6. The first-order valence-electron chi connectivity index (χ1n) is 6.10. The Morgan fingerprint density at radius 1 is 1.32 bits per heavy atom. The Bertz CT molecular complexity index is 557. The molecule has 4 N–H and O–H groups in total. The molecule has 0 aromatic heterocycles. The lowest BCUT2D eigenvalue weighted by atomic mass is 9.78. The third kappa shape index (κ3) is 1.92. The van der Waals surface area contributed by atoms with Gasteiger partial charge in [0, 0.05) is 17.7 Å². The molecule has 2 aliphatic rings. The second-order valence-electron chi connectivity index (χ2n) is 5.42. The number of nitrogens with two attached hydrogens (primary N) is 2. The summed E-state index contributed by atoms with van der Waals surface area (Å²) in [6, 6.07) is 4.54. The van der Waals surface area contributed by atoms with Gasteiger partial charge in [-0.25, -0.2) is 9.38 Å². The van der Waals surface area contributed by atoms with Crippen LogP contribution in [0.5, 0.6) is 0 Å². The van der Waals surface area contributed by atoms with Gasteiger partial charge in [-0.1, -0.05) is 0 Å². The van der Waals surface area contributed by atoms with Crippen LogP contribution in [0.2, 0.25) is 0 Å². The molecule has 2 aliphatic heterocycles. The smallest absolute Gasteiger partial charge is 0.283 e. The summed E-state index contributed by atoms with van der Waals surface area (Å²) in [6.45, 7) is 2.73. The quantitative estimate of drug-likeness (QED) is 0.746. The van der Waals surface area contributed by atoms with E-state index in [0.717, 1.165) is 0 Å². The molecule has 0 bridgehead atoms. The zero-order chi connectivity index (χ0) is 13.7. The number of rotatable bonds is 1. The fourth-order valence-electron chi connectivity index (χ4n) is 2.79. The molecule has 19 heavy (non-hydrogen) atoms. The molecule has 102 valence electrons. The summed E-state index contributed by atoms with van der Waals surface area (Å²) < 4.78 is 24.8. The van der Waals surface area contributed by atoms with Crippen molar-refractivity contribution in [1.29, 1.82) is 0 Å². The molecule has 3 rings (SSSR count). The highest BCUT2D eigenvalue weighted by Crippen LogP contribution is 2.43. The molecule has 0 saturated carbocycles. The average Bonchev–Trinajstić information content (AvgIpc) is 2.29. The average molecular weight is 265 g/mol. The number of hydrogen-bond donors (Lipinski definition) is 2. The molecule has 5 nitrogen and oxygen atoms in total. The van der Waals surface area contributed by atoms with E-state index in [1.165, 1.54) is 12.1 Å². The summed E-state index contributed by atoms with van der Waals surface area (Å²) >= 11 is 0. The van der Waals surface area contributed by atoms with E-state index in [1.54, 1.807) is 6.07 Å². The van der Waals surface area contributed by atoms with Crippen LogP contribution in [0.15, 0.2) is 23.2 Å². The molecule has 0 unspecified atom stereocenters. The summed E-state index contributed by atoms with van der Waals surface area (Å²) in [5.74, 6) is -0.342. The monoisotopic (exact) mass is 265 g/mol. The van der Waals surface area contributed by atoms with Crippen LogP contribution in [0.4, 0.5) is 10.1 Å². The Hall–Kier alpha value is -1.82. The van der Waals surface area contributed by atoms with Crippen LogP contribution < -0.4 is 11.5 Å². The fourth-order valence-corrected chi connectivity index (χ4v) is 2.79. The van der Waals surface area contributed by atoms with Crippen molar-refractivity contribution in [3.05, 3.63) is 29.6 Å². The summed E-state index contributed by atoms with van der Waals surface area (Å²) in [5.41, 5.74) is 11.1. The van der Waals surface area contributed by atoms with Gasteiger partial charge in [0.2, 0.25) is 0 Å². The van der Waals surface area contributed by atoms with Crippen molar-refractivity contribution in [1.82, 2.24) is 0 Å². The number of nitrogen functional groups attached to an aromatic ring is 1. The minimum absolute atomic E-state index is 0.0684. The van der Waals surface area contributed by atoms with Crippen molar-refractivity contribution in [2.45, 2.75) is 24.5 Å². The first-order valence-corrected chi connectivity index (χ1v) is 6.10. The van der Waals surface area contributed by atoms with E-state index in [4.69, 9.17) is 20.9 Å². The summed E-state index contributed by atoms with van der Waals surface area (Å²) in [7, 11) is 0. The lowest BCUT2D eigenvalue weighted by Gasteiger charge is -2.48. The third-order valence-corrected chi connectivity index (χ3v) is 3.65. The van der Waals surface area contributed by atoms with Crippen LogP contribution in [0.3, 0.4) is 0 Å². The number of benzene rings is 1. The predicted octanol–water partition coefficient (Wildman–Crippen LogP) is 1.13. The second kappa shape index (κ2) is 3.84. The van der Waals surface area contributed by atoms with Crippen molar-refractivity contribution in [2.75, 3.05) is 18.9 Å². The number of amidine groups is 1. The van der Waals surface area contributed by atoms with Crippen LogP contribution in [-0.4, -0.2) is 24.8 Å². The molecule has 0 aliphatic carbocycles. The maximum absolute atomic E-state index is 14.1. The van der Waals surface area contributed by atoms with Gasteiger partial charge >= 0.3 is 0 Å². The predicted molar refractivity (Wildman–Crippen MR) is 69.0 cm³/mol. The highest BCUT2D eigenvalue weighted by atomic mass is 19.1. The van der Waals surface area contributed by atoms with Gasteiger partial charge in [-0.3, -0.25) is 0 Å². The Kier molecular flexibility index (Phi) is 2.47. The molecule has 1 aromatic rings. The first kappa shape index (κ1) is 12.2. The molecular weight excluding hydrogens is 249 g/mol. The van der Waals surface area contributed by atoms with Gasteiger partial charge in [-0.2, -0.15) is 0 Å². The molecule has 6 heteroatoms. The number of anilines is 1. The summed E-state index contributed by atoms with van der Waals surface area (Å²) in [5, 5.41) is 0. The Balaban J connectivity index is 2.06. The normalized spacial score (nSPS) is 28.4. The molecular formula is C13H16FN3O2. The van der Waals surface area contributed by atoms with E-state index < -0.39 is 11.1 Å². The molecule has 0 radical (unpaired) electrons. The maximum Gasteiger partial charge on any atom is 0.283 e. The number of halogens is 1. The van der Waals surface area contributed by atoms with E-state index in [2.05, 4.69) is 4.99 Å². The minimum Gasteiger partial charge on any atom is -0.454 e. The van der Waals surface area contributed by atoms with Crippen molar-refractivity contribution in [2.24, 2.45) is 10.7 Å². The third-order valence-electron chi connectivity index (χ3n) is 3.65. The maximum atomic E-state index is 14.1. The first-order chi connectivity index (χ1) is 8.92. The van der Waals surface area contributed by atoms with Crippen molar-refractivity contribution in [3.63, 3.8) is 0 Å². The molecule has 1 fully saturated rings. The van der Waals surface area contributed by atoms with Gasteiger partial charge in [0.1, 0.15) is 5.82 Å². The fraction of sp³-hybridized carbons (Fsp3) is 0.462. The molecule has 1 saturated heterocycles. The van der Waals surface area contributed by atoms with E-state index in [1.807, 2.05) is 6.92 Å². The summed E-state index contributed by atoms with van der Waals surface area (Å²) in [4.78, 5) is 4.28. The van der Waals surface area contributed by atoms with E-state index in [9.17, 15) is 4.39 Å². The lowest BCUT2D eigenvalue weighted by Crippen LogP contribution is -2.59. The molecule has 0 amide bonds. The molecule has 1 atom stereocenters. The summed E-state index contributed by atoms with van der Waals surface area (Å²) in [6.07, 6.45) is 0.515. The Morgan fingerprint density at radius 3 is 2.68 bits per heavy atom. The van der Waals surface area contributed by atoms with Crippen molar-refractivity contribution >= 4 is 11.7 Å². The van der Waals surface area contributed by atoms with Gasteiger partial charge < -0.3 is 20.9 Å². The molecule has 2 heterocycles. The molecule has 1 aromatic carbocycles. The number of aliphatic imine (C=N–C) groups is 1. The van der Waals surface area contributed by atoms with E-state index >= 15 is 0 Å². The van der Waals surface area contributed by atoms with Crippen molar-refractivity contribution in [3.8, 4) is 0 Å². The Morgan fingerprint density at radius 2 is 2.05 bits per heavy atom. The van der Waals surface area contributed by atoms with Crippen LogP contribution >= 0.6 is 0 Å². The van der Waals surface area contributed by atoms with Crippen molar-refractivity contribution < 1.29 is 13.9 Å². The van der Waals surface area contributed by atoms with Gasteiger partial charge in [-0.15, -0.1) is 0 Å². The zero-order valence-corrected chi connectivity index (χ0v) is 10.6. The van der Waals surface area contributed by atoms with E-state index in [0.29, 0.717) is 30.9 Å². The molecule has 1 spiro atoms. The highest BCUT2D eigenvalue weighted by Gasteiger charge is 2.51. The standard InChI is InChI=1S/C13H16FN3O2/c1-12(9-4-8(15)2-3-10(9)14)5-13(6-18-7-13)19-11(16)17-12/h2-4H,5-7,15H2,1H3,(H2,16,17)/t12-/m0/s1. The topological polar surface area (TPSA) is 82.9 Å². The van der Waals surface area contributed by atoms with Crippen LogP contribution in [-0.2, 0) is 15.0 Å². The van der Waals surface area contributed by atoms with Crippen LogP contribution in [0, 0.1) is 5.82 Å². The van der Waals surface area contributed by atoms with Crippen LogP contribution in [0.25, 0.3) is 0 Å². The number of hydrogen-bond acceptors (Lipinski definition) is 5. The highest BCUT2D eigenvalue weighted by molar-refractivity contribution is 5.74. The van der Waals surface area contributed by atoms with E-state index in [-0.39, 0.29) is 11.8 Å². The van der Waals surface area contributed by atoms with Gasteiger partial charge in [0.15, 0.2) is 5.60 Å². The van der Waals surface area contributed by atoms with Gasteiger partial charge in [-0.05, 0) is 25.1 Å². The Labute approximate surface area is 110 Å². The minimum atomic E-state index is -0.786. The number of ether oxygens (including phenoxy) is 2. The second-order valence-corrected chi connectivity index (χ2v) is 5.42. The van der Waals surface area contributed by atoms with Gasteiger partial charge in [0.05, 0.1) is 18.8 Å². The van der Waals surface area contributed by atoms with Crippen LogP contribution in [0.1, 0.15) is 18.9 Å². The SMILES string of the molecule is C[C@@]1(c2cc(N)ccc2F)CC2(COC2)OC(N)=N1. The number of nitrogens with zero attached hydrogens (tertiary/aromatic N) is 1.